The third kappa shape index (κ3) is 4.89. The summed E-state index contributed by atoms with van der Waals surface area (Å²) in [5.41, 5.74) is 2.45. The summed E-state index contributed by atoms with van der Waals surface area (Å²) in [6, 6.07) is 15.9. The lowest BCUT2D eigenvalue weighted by Crippen LogP contribution is -2.39. The number of fused-ring (bicyclic) bond motifs is 1. The lowest BCUT2D eigenvalue weighted by Gasteiger charge is -2.13. The van der Waals surface area contributed by atoms with E-state index in [-0.39, 0.29) is 17.2 Å². The molecule has 184 valence electrons. The number of rotatable bonds is 7. The summed E-state index contributed by atoms with van der Waals surface area (Å²) in [5.74, 6) is -2.01. The maximum atomic E-state index is 13.7. The van der Waals surface area contributed by atoms with Crippen LogP contribution < -0.4 is 16.5 Å². The van der Waals surface area contributed by atoms with Crippen LogP contribution in [0.5, 0.6) is 0 Å². The van der Waals surface area contributed by atoms with E-state index in [2.05, 4.69) is 10.3 Å². The zero-order valence-corrected chi connectivity index (χ0v) is 20.6. The summed E-state index contributed by atoms with van der Waals surface area (Å²) in [6.07, 6.45) is 0. The zero-order chi connectivity index (χ0) is 25.3. The second-order valence-electron chi connectivity index (χ2n) is 9.17. The molecule has 2 heterocycles. The van der Waals surface area contributed by atoms with Gasteiger partial charge in [0.15, 0.2) is 5.65 Å². The Bertz CT molecular complexity index is 1460. The van der Waals surface area contributed by atoms with Crippen molar-refractivity contribution in [2.75, 3.05) is 12.4 Å². The fourth-order valence-corrected chi connectivity index (χ4v) is 4.14. The third-order valence-corrected chi connectivity index (χ3v) is 5.84. The highest BCUT2D eigenvalue weighted by atomic mass is 19.3. The van der Waals surface area contributed by atoms with Gasteiger partial charge in [0, 0.05) is 38.8 Å². The van der Waals surface area contributed by atoms with Crippen LogP contribution in [-0.4, -0.2) is 26.0 Å². The summed E-state index contributed by atoms with van der Waals surface area (Å²) in [6.45, 7) is 5.79. The van der Waals surface area contributed by atoms with Gasteiger partial charge in [0.1, 0.15) is 16.7 Å². The normalized spacial score (nSPS) is 12.6. The maximum Gasteiger partial charge on any atom is 0.331 e. The van der Waals surface area contributed by atoms with Crippen molar-refractivity contribution in [3.05, 3.63) is 81.7 Å². The zero-order valence-electron chi connectivity index (χ0n) is 20.6. The number of para-hydroxylation sites is 1. The molecule has 0 aliphatic carbocycles. The van der Waals surface area contributed by atoms with Gasteiger partial charge in [-0.05, 0) is 23.6 Å². The van der Waals surface area contributed by atoms with Crippen LogP contribution in [-0.2, 0) is 26.1 Å². The van der Waals surface area contributed by atoms with Crippen LogP contribution in [0, 0.1) is 5.92 Å². The first kappa shape index (κ1) is 24.4. The van der Waals surface area contributed by atoms with Gasteiger partial charge in [0.2, 0.25) is 0 Å². The second kappa shape index (κ2) is 9.48. The number of halogens is 2. The van der Waals surface area contributed by atoms with Crippen molar-refractivity contribution >= 4 is 22.5 Å². The maximum absolute atomic E-state index is 13.7. The number of benzene rings is 2. The fourth-order valence-electron chi connectivity index (χ4n) is 4.14. The topological polar surface area (TPSA) is 69.1 Å². The van der Waals surface area contributed by atoms with Crippen LogP contribution in [0.25, 0.3) is 11.0 Å². The second-order valence-corrected chi connectivity index (χ2v) is 9.17. The van der Waals surface area contributed by atoms with Gasteiger partial charge in [0.05, 0.1) is 6.54 Å². The highest BCUT2D eigenvalue weighted by Crippen LogP contribution is 2.28. The number of nitrogens with one attached hydrogen (secondary N) is 1. The van der Waals surface area contributed by atoms with E-state index in [4.69, 9.17) is 5.10 Å². The largest absolute Gasteiger partial charge is 0.340 e. The quantitative estimate of drug-likeness (QED) is 0.420. The summed E-state index contributed by atoms with van der Waals surface area (Å²) in [4.78, 5) is 17.6. The van der Waals surface area contributed by atoms with Crippen molar-refractivity contribution in [3.63, 3.8) is 0 Å². The van der Waals surface area contributed by atoms with Crippen molar-refractivity contribution < 1.29 is 8.78 Å². The minimum Gasteiger partial charge on any atom is -0.340 e. The van der Waals surface area contributed by atoms with E-state index in [1.165, 1.54) is 16.7 Å². The Morgan fingerprint density at radius 3 is 2.31 bits per heavy atom. The lowest BCUT2D eigenvalue weighted by molar-refractivity contribution is 0.0174. The molecule has 0 atom stereocenters. The first-order valence-electron chi connectivity index (χ1n) is 11.5. The predicted molar refractivity (Wildman–Crippen MR) is 134 cm³/mol. The minimum absolute atomic E-state index is 0.0422. The van der Waals surface area contributed by atoms with Crippen molar-refractivity contribution in [1.29, 1.82) is 0 Å². The smallest absolute Gasteiger partial charge is 0.331 e. The summed E-state index contributed by atoms with van der Waals surface area (Å²) in [5, 5.41) is 9.00. The molecule has 2 aromatic heterocycles. The van der Waals surface area contributed by atoms with E-state index < -0.39 is 5.92 Å². The number of hydrogen-bond acceptors (Lipinski definition) is 4. The van der Waals surface area contributed by atoms with Gasteiger partial charge in [-0.3, -0.25) is 14.1 Å². The molecule has 9 heteroatoms. The van der Waals surface area contributed by atoms with Crippen LogP contribution in [0.1, 0.15) is 31.9 Å². The van der Waals surface area contributed by atoms with E-state index in [0.29, 0.717) is 30.0 Å². The van der Waals surface area contributed by atoms with E-state index in [1.54, 1.807) is 35.5 Å². The van der Waals surface area contributed by atoms with Crippen LogP contribution in [0.2, 0.25) is 0 Å². The summed E-state index contributed by atoms with van der Waals surface area (Å²) in [7, 11) is 3.35. The number of alkyl halides is 2. The molecule has 4 rings (SSSR count). The Morgan fingerprint density at radius 1 is 1.09 bits per heavy atom. The van der Waals surface area contributed by atoms with E-state index in [0.717, 1.165) is 23.6 Å². The molecule has 2 aromatic carbocycles. The fraction of sp³-hybridized carbons (Fsp3) is 0.346. The molecule has 35 heavy (non-hydrogen) atoms. The van der Waals surface area contributed by atoms with Gasteiger partial charge in [0.25, 0.3) is 5.92 Å². The van der Waals surface area contributed by atoms with E-state index in [9.17, 15) is 13.6 Å². The van der Waals surface area contributed by atoms with Gasteiger partial charge >= 0.3 is 5.69 Å². The standard InChI is InChI=1S/C26H30F2N6O/c1-17(2)15-33-24-21(22(29-4)32(5)25(33)35)23(30-20-9-7-6-8-10-20)34(31-24)16-18-11-13-19(14-12-18)26(3,27)28/h6-14,17,30H,15-16H2,1-5H3. The summed E-state index contributed by atoms with van der Waals surface area (Å²) < 4.78 is 32.4. The monoisotopic (exact) mass is 480 g/mol. The van der Waals surface area contributed by atoms with Crippen LogP contribution in [0.3, 0.4) is 0 Å². The Morgan fingerprint density at radius 2 is 1.74 bits per heavy atom. The van der Waals surface area contributed by atoms with E-state index in [1.807, 2.05) is 44.2 Å². The molecule has 0 saturated heterocycles. The highest BCUT2D eigenvalue weighted by molar-refractivity contribution is 5.89. The molecule has 7 nitrogen and oxygen atoms in total. The van der Waals surface area contributed by atoms with Gasteiger partial charge in [-0.15, -0.1) is 0 Å². The Labute approximate surface area is 202 Å². The number of aromatic nitrogens is 4. The predicted octanol–water partition coefficient (Wildman–Crippen LogP) is 4.63. The molecular weight excluding hydrogens is 450 g/mol. The average Bonchev–Trinajstić information content (AvgIpc) is 3.15. The molecule has 0 amide bonds. The first-order chi connectivity index (χ1) is 16.6. The highest BCUT2D eigenvalue weighted by Gasteiger charge is 2.24. The minimum atomic E-state index is -2.90. The van der Waals surface area contributed by atoms with Crippen LogP contribution >= 0.6 is 0 Å². The van der Waals surface area contributed by atoms with Crippen molar-refractivity contribution in [3.8, 4) is 0 Å². The molecule has 4 aromatic rings. The van der Waals surface area contributed by atoms with Gasteiger partial charge < -0.3 is 5.32 Å². The molecular formula is C26H30F2N6O. The van der Waals surface area contributed by atoms with Crippen molar-refractivity contribution in [2.24, 2.45) is 18.0 Å². The SMILES string of the molecule is CN=c1c2c(Nc3ccccc3)n(Cc3ccc(C(C)(F)F)cc3)nc2n(CC(C)C)c(=O)n1C. The van der Waals surface area contributed by atoms with Gasteiger partial charge in [-0.1, -0.05) is 56.3 Å². The van der Waals surface area contributed by atoms with Gasteiger partial charge in [-0.25, -0.2) is 18.3 Å². The summed E-state index contributed by atoms with van der Waals surface area (Å²) >= 11 is 0. The molecule has 0 unspecified atom stereocenters. The first-order valence-corrected chi connectivity index (χ1v) is 11.5. The Balaban J connectivity index is 1.95. The molecule has 0 bridgehead atoms. The van der Waals surface area contributed by atoms with Crippen molar-refractivity contribution in [2.45, 2.75) is 39.8 Å². The Kier molecular flexibility index (Phi) is 6.60. The third-order valence-electron chi connectivity index (χ3n) is 5.84. The molecule has 0 saturated carbocycles. The molecule has 0 spiro atoms. The number of anilines is 2. The molecule has 1 N–H and O–H groups in total. The molecule has 0 aliphatic heterocycles. The van der Waals surface area contributed by atoms with Gasteiger partial charge in [-0.2, -0.15) is 5.10 Å². The molecule has 0 aliphatic rings. The van der Waals surface area contributed by atoms with E-state index >= 15 is 0 Å². The molecule has 0 radical (unpaired) electrons. The molecule has 0 fully saturated rings. The number of hydrogen-bond donors (Lipinski definition) is 1. The Hall–Kier alpha value is -3.75. The average molecular weight is 481 g/mol. The van der Waals surface area contributed by atoms with Crippen LogP contribution in [0.4, 0.5) is 20.3 Å². The van der Waals surface area contributed by atoms with Crippen molar-refractivity contribution in [1.82, 2.24) is 18.9 Å². The van der Waals surface area contributed by atoms with Crippen LogP contribution in [0.15, 0.2) is 64.4 Å². The number of nitrogens with zero attached hydrogens (tertiary/aromatic N) is 5. The lowest BCUT2D eigenvalue weighted by atomic mass is 10.1.